The number of anilines is 1. The van der Waals surface area contributed by atoms with Gasteiger partial charge in [0.15, 0.2) is 0 Å². The lowest BCUT2D eigenvalue weighted by atomic mass is 9.90. The van der Waals surface area contributed by atoms with E-state index in [-0.39, 0.29) is 30.6 Å². The maximum Gasteiger partial charge on any atom is 0.282 e. The second-order valence-electron chi connectivity index (χ2n) is 8.50. The standard InChI is InChI=1S/C19H23F2N3O4/c20-19(21)10-23(11-19)15-4-3-14(22-16(15)27-6-12-1-2-12)17(26)24-8-18(9-24)5-13(25)7-28-18/h3-4,12-13,25H,1-2,5-11H2. The average molecular weight is 395 g/mol. The molecule has 5 rings (SSSR count). The zero-order chi connectivity index (χ0) is 19.5. The van der Waals surface area contributed by atoms with Gasteiger partial charge < -0.3 is 24.4 Å². The number of aliphatic hydroxyl groups excluding tert-OH is 1. The normalized spacial score (nSPS) is 27.5. The summed E-state index contributed by atoms with van der Waals surface area (Å²) in [5.74, 6) is -2.21. The molecular weight excluding hydrogens is 372 g/mol. The molecule has 0 bridgehead atoms. The summed E-state index contributed by atoms with van der Waals surface area (Å²) in [7, 11) is 0. The first kappa shape index (κ1) is 18.1. The van der Waals surface area contributed by atoms with Crippen molar-refractivity contribution in [2.24, 2.45) is 5.92 Å². The zero-order valence-electron chi connectivity index (χ0n) is 15.4. The quantitative estimate of drug-likeness (QED) is 0.810. The van der Waals surface area contributed by atoms with Crippen LogP contribution in [-0.4, -0.2) is 77.9 Å². The number of rotatable bonds is 5. The van der Waals surface area contributed by atoms with Crippen molar-refractivity contribution in [1.29, 1.82) is 0 Å². The highest BCUT2D eigenvalue weighted by Crippen LogP contribution is 2.39. The lowest BCUT2D eigenvalue weighted by Gasteiger charge is -2.46. The van der Waals surface area contributed by atoms with Gasteiger partial charge in [0.05, 0.1) is 45.5 Å². The van der Waals surface area contributed by atoms with Crippen molar-refractivity contribution in [2.45, 2.75) is 36.9 Å². The minimum Gasteiger partial charge on any atom is -0.476 e. The average Bonchev–Trinajstić information content (AvgIpc) is 3.35. The Bertz CT molecular complexity index is 787. The van der Waals surface area contributed by atoms with Crippen LogP contribution in [0.1, 0.15) is 29.8 Å². The number of pyridine rings is 1. The van der Waals surface area contributed by atoms with Crippen molar-refractivity contribution in [3.05, 3.63) is 17.8 Å². The van der Waals surface area contributed by atoms with Crippen LogP contribution in [0, 0.1) is 5.92 Å². The highest BCUT2D eigenvalue weighted by atomic mass is 19.3. The van der Waals surface area contributed by atoms with Crippen molar-refractivity contribution >= 4 is 11.6 Å². The number of aliphatic hydroxyl groups is 1. The maximum absolute atomic E-state index is 13.3. The Morgan fingerprint density at radius 3 is 2.64 bits per heavy atom. The van der Waals surface area contributed by atoms with Gasteiger partial charge in [-0.1, -0.05) is 0 Å². The molecule has 0 radical (unpaired) electrons. The highest BCUT2D eigenvalue weighted by molar-refractivity contribution is 5.93. The van der Waals surface area contributed by atoms with Gasteiger partial charge >= 0.3 is 0 Å². The van der Waals surface area contributed by atoms with Crippen LogP contribution in [0.15, 0.2) is 12.1 Å². The first-order valence-corrected chi connectivity index (χ1v) is 9.70. The molecule has 1 aliphatic carbocycles. The van der Waals surface area contributed by atoms with E-state index in [9.17, 15) is 18.7 Å². The van der Waals surface area contributed by atoms with Crippen LogP contribution in [0.4, 0.5) is 14.5 Å². The minimum absolute atomic E-state index is 0.232. The van der Waals surface area contributed by atoms with Crippen LogP contribution in [0.25, 0.3) is 0 Å². The van der Waals surface area contributed by atoms with E-state index in [1.54, 1.807) is 17.0 Å². The third kappa shape index (κ3) is 3.30. The molecule has 1 aromatic heterocycles. The number of halogens is 2. The molecule has 4 fully saturated rings. The Labute approximate surface area is 161 Å². The summed E-state index contributed by atoms with van der Waals surface area (Å²) in [6.45, 7) is 0.896. The van der Waals surface area contributed by atoms with Gasteiger partial charge in [0, 0.05) is 6.42 Å². The number of ether oxygens (including phenoxy) is 2. The predicted molar refractivity (Wildman–Crippen MR) is 94.8 cm³/mol. The molecule has 152 valence electrons. The molecule has 1 spiro atoms. The molecule has 1 saturated carbocycles. The number of hydrogen-bond acceptors (Lipinski definition) is 6. The molecule has 3 aliphatic heterocycles. The number of carbonyl (C=O) groups excluding carboxylic acids is 1. The third-order valence-corrected chi connectivity index (χ3v) is 5.83. The van der Waals surface area contributed by atoms with E-state index >= 15 is 0 Å². The number of nitrogens with zero attached hydrogens (tertiary/aromatic N) is 3. The van der Waals surface area contributed by atoms with E-state index in [1.165, 1.54) is 4.90 Å². The van der Waals surface area contributed by atoms with Crippen molar-refractivity contribution < 1.29 is 28.2 Å². The number of hydrogen-bond donors (Lipinski definition) is 1. The van der Waals surface area contributed by atoms with Crippen LogP contribution < -0.4 is 9.64 Å². The lowest BCUT2D eigenvalue weighted by molar-refractivity contribution is -0.0953. The molecular formula is C19H23F2N3O4. The first-order valence-electron chi connectivity index (χ1n) is 9.70. The highest BCUT2D eigenvalue weighted by Gasteiger charge is 2.51. The van der Waals surface area contributed by atoms with Gasteiger partial charge in [-0.2, -0.15) is 0 Å². The smallest absolute Gasteiger partial charge is 0.282 e. The Hall–Kier alpha value is -2.00. The van der Waals surface area contributed by atoms with Gasteiger partial charge in [-0.3, -0.25) is 4.79 Å². The molecule has 1 aromatic rings. The molecule has 1 unspecified atom stereocenters. The number of aromatic nitrogens is 1. The third-order valence-electron chi connectivity index (χ3n) is 5.83. The summed E-state index contributed by atoms with van der Waals surface area (Å²) in [5, 5.41) is 9.65. The monoisotopic (exact) mass is 395 g/mol. The van der Waals surface area contributed by atoms with Crippen LogP contribution in [-0.2, 0) is 4.74 Å². The Morgan fingerprint density at radius 2 is 2.04 bits per heavy atom. The fraction of sp³-hybridized carbons (Fsp3) is 0.684. The summed E-state index contributed by atoms with van der Waals surface area (Å²) in [5.41, 5.74) is 0.296. The molecule has 4 aliphatic rings. The van der Waals surface area contributed by atoms with Crippen LogP contribution in [0.5, 0.6) is 5.88 Å². The van der Waals surface area contributed by atoms with Crippen LogP contribution in [0.3, 0.4) is 0 Å². The van der Waals surface area contributed by atoms with E-state index in [4.69, 9.17) is 9.47 Å². The second kappa shape index (κ2) is 6.25. The fourth-order valence-electron chi connectivity index (χ4n) is 4.06. The van der Waals surface area contributed by atoms with E-state index in [0.717, 1.165) is 12.8 Å². The van der Waals surface area contributed by atoms with Crippen molar-refractivity contribution in [3.8, 4) is 5.88 Å². The number of carbonyl (C=O) groups is 1. The van der Waals surface area contributed by atoms with Gasteiger partial charge in [-0.05, 0) is 30.9 Å². The Morgan fingerprint density at radius 1 is 1.29 bits per heavy atom. The summed E-state index contributed by atoms with van der Waals surface area (Å²) >= 11 is 0. The second-order valence-corrected chi connectivity index (χ2v) is 8.50. The van der Waals surface area contributed by atoms with Gasteiger partial charge in [-0.25, -0.2) is 13.8 Å². The fourth-order valence-corrected chi connectivity index (χ4v) is 4.06. The molecule has 1 amide bonds. The number of amides is 1. The van der Waals surface area contributed by atoms with Crippen molar-refractivity contribution in [3.63, 3.8) is 0 Å². The summed E-state index contributed by atoms with van der Waals surface area (Å²) in [6.07, 6.45) is 2.24. The largest absolute Gasteiger partial charge is 0.476 e. The molecule has 28 heavy (non-hydrogen) atoms. The van der Waals surface area contributed by atoms with E-state index in [0.29, 0.717) is 44.3 Å². The van der Waals surface area contributed by atoms with Gasteiger partial charge in [-0.15, -0.1) is 0 Å². The summed E-state index contributed by atoms with van der Waals surface area (Å²) in [6, 6.07) is 3.20. The number of likely N-dealkylation sites (tertiary alicyclic amines) is 1. The van der Waals surface area contributed by atoms with E-state index in [2.05, 4.69) is 4.98 Å². The van der Waals surface area contributed by atoms with E-state index < -0.39 is 17.6 Å². The van der Waals surface area contributed by atoms with E-state index in [1.807, 2.05) is 0 Å². The maximum atomic E-state index is 13.3. The Kier molecular flexibility index (Phi) is 4.03. The molecule has 1 atom stereocenters. The predicted octanol–water partition coefficient (Wildman–Crippen LogP) is 1.30. The molecule has 0 aromatic carbocycles. The minimum atomic E-state index is -2.69. The van der Waals surface area contributed by atoms with Gasteiger partial charge in [0.25, 0.3) is 11.8 Å². The Balaban J connectivity index is 1.30. The molecule has 4 heterocycles. The molecule has 7 nitrogen and oxygen atoms in total. The summed E-state index contributed by atoms with van der Waals surface area (Å²) in [4.78, 5) is 20.3. The van der Waals surface area contributed by atoms with Crippen LogP contribution >= 0.6 is 0 Å². The molecule has 1 N–H and O–H groups in total. The summed E-state index contributed by atoms with van der Waals surface area (Å²) < 4.78 is 38.0. The van der Waals surface area contributed by atoms with Crippen molar-refractivity contribution in [1.82, 2.24) is 9.88 Å². The lowest BCUT2D eigenvalue weighted by Crippen LogP contribution is -2.63. The number of alkyl halides is 2. The van der Waals surface area contributed by atoms with Crippen LogP contribution in [0.2, 0.25) is 0 Å². The molecule has 3 saturated heterocycles. The van der Waals surface area contributed by atoms with Crippen molar-refractivity contribution in [2.75, 3.05) is 44.3 Å². The van der Waals surface area contributed by atoms with Gasteiger partial charge in [0.1, 0.15) is 17.0 Å². The van der Waals surface area contributed by atoms with Gasteiger partial charge in [0.2, 0.25) is 5.88 Å². The first-order chi connectivity index (χ1) is 13.3. The SMILES string of the molecule is O=C(c1ccc(N2CC(F)(F)C2)c(OCC2CC2)n1)N1CC2(CC(O)CO2)C1. The molecule has 9 heteroatoms. The zero-order valence-corrected chi connectivity index (χ0v) is 15.4. The topological polar surface area (TPSA) is 75.1 Å².